The predicted octanol–water partition coefficient (Wildman–Crippen LogP) is 2.70. The first-order valence-electron chi connectivity index (χ1n) is 7.70. The van der Waals surface area contributed by atoms with Crippen molar-refractivity contribution in [3.05, 3.63) is 29.8 Å². The zero-order valence-electron chi connectivity index (χ0n) is 13.2. The molecule has 1 saturated heterocycles. The van der Waals surface area contributed by atoms with Crippen molar-refractivity contribution in [2.45, 2.75) is 51.9 Å². The van der Waals surface area contributed by atoms with E-state index in [9.17, 15) is 4.79 Å². The van der Waals surface area contributed by atoms with E-state index >= 15 is 0 Å². The van der Waals surface area contributed by atoms with Crippen molar-refractivity contribution >= 4 is 5.91 Å². The standard InChI is InChI=1S/C17H24N2O2/c1-5-12-16(20)19(14-10-17(14,2)3)15(18-12)11-8-6-7-9-13(11)21-4/h6-9,12,14-15,18H,5,10H2,1-4H3. The molecular weight excluding hydrogens is 264 g/mol. The van der Waals surface area contributed by atoms with Gasteiger partial charge in [0.25, 0.3) is 0 Å². The molecule has 3 unspecified atom stereocenters. The molecular formula is C17H24N2O2. The third-order valence-electron chi connectivity index (χ3n) is 4.83. The van der Waals surface area contributed by atoms with Crippen molar-refractivity contribution in [3.63, 3.8) is 0 Å². The summed E-state index contributed by atoms with van der Waals surface area (Å²) in [7, 11) is 1.68. The Bertz CT molecular complexity index is 555. The first-order valence-corrected chi connectivity index (χ1v) is 7.70. The second-order valence-electron chi connectivity index (χ2n) is 6.73. The van der Waals surface area contributed by atoms with Gasteiger partial charge in [-0.1, -0.05) is 39.0 Å². The summed E-state index contributed by atoms with van der Waals surface area (Å²) in [6.45, 7) is 6.50. The number of amides is 1. The number of ether oxygens (including phenoxy) is 1. The monoisotopic (exact) mass is 288 g/mol. The second kappa shape index (κ2) is 5.02. The minimum absolute atomic E-state index is 0.0784. The van der Waals surface area contributed by atoms with Crippen LogP contribution in [-0.2, 0) is 4.79 Å². The molecule has 0 spiro atoms. The Morgan fingerprint density at radius 2 is 2.05 bits per heavy atom. The van der Waals surface area contributed by atoms with Gasteiger partial charge in [0.2, 0.25) is 5.91 Å². The maximum Gasteiger partial charge on any atom is 0.241 e. The number of nitrogens with zero attached hydrogens (tertiary/aromatic N) is 1. The minimum atomic E-state index is -0.0867. The summed E-state index contributed by atoms with van der Waals surface area (Å²) in [4.78, 5) is 14.8. The van der Waals surface area contributed by atoms with Crippen molar-refractivity contribution in [3.8, 4) is 5.75 Å². The fourth-order valence-electron chi connectivity index (χ4n) is 3.32. The summed E-state index contributed by atoms with van der Waals surface area (Å²) >= 11 is 0. The molecule has 0 bridgehead atoms. The fourth-order valence-corrected chi connectivity index (χ4v) is 3.32. The van der Waals surface area contributed by atoms with Gasteiger partial charge in [-0.3, -0.25) is 10.1 Å². The first kappa shape index (κ1) is 14.4. The maximum atomic E-state index is 12.7. The molecule has 1 aromatic carbocycles. The molecule has 0 aromatic heterocycles. The smallest absolute Gasteiger partial charge is 0.241 e. The number of methoxy groups -OCH3 is 1. The van der Waals surface area contributed by atoms with Crippen molar-refractivity contribution in [2.75, 3.05) is 7.11 Å². The van der Waals surface area contributed by atoms with Gasteiger partial charge in [-0.2, -0.15) is 0 Å². The van der Waals surface area contributed by atoms with Crippen LogP contribution in [0.4, 0.5) is 0 Å². The van der Waals surface area contributed by atoms with Gasteiger partial charge in [-0.25, -0.2) is 0 Å². The van der Waals surface area contributed by atoms with E-state index in [0.717, 1.165) is 24.2 Å². The lowest BCUT2D eigenvalue weighted by atomic mass is 10.1. The molecule has 21 heavy (non-hydrogen) atoms. The third kappa shape index (κ3) is 2.31. The molecule has 4 heteroatoms. The van der Waals surface area contributed by atoms with Crippen LogP contribution < -0.4 is 10.1 Å². The fraction of sp³-hybridized carbons (Fsp3) is 0.588. The summed E-state index contributed by atoms with van der Waals surface area (Å²) in [6, 6.07) is 8.20. The summed E-state index contributed by atoms with van der Waals surface area (Å²) in [5.41, 5.74) is 1.27. The SMILES string of the molecule is CCC1NC(c2ccccc2OC)N(C2CC2(C)C)C1=O. The molecule has 0 radical (unpaired) electrons. The van der Waals surface area contributed by atoms with E-state index in [0.29, 0.717) is 6.04 Å². The lowest BCUT2D eigenvalue weighted by Gasteiger charge is -2.27. The van der Waals surface area contributed by atoms with Crippen LogP contribution in [0.15, 0.2) is 24.3 Å². The highest BCUT2D eigenvalue weighted by Gasteiger charge is 2.56. The van der Waals surface area contributed by atoms with E-state index in [4.69, 9.17) is 4.74 Å². The van der Waals surface area contributed by atoms with Gasteiger partial charge in [0, 0.05) is 11.6 Å². The first-order chi connectivity index (χ1) is 9.99. The highest BCUT2D eigenvalue weighted by Crippen LogP contribution is 2.52. The van der Waals surface area contributed by atoms with Crippen LogP contribution in [0.25, 0.3) is 0 Å². The van der Waals surface area contributed by atoms with Gasteiger partial charge in [-0.05, 0) is 24.3 Å². The Morgan fingerprint density at radius 3 is 2.62 bits per heavy atom. The van der Waals surface area contributed by atoms with Gasteiger partial charge in [0.05, 0.1) is 13.2 Å². The Balaban J connectivity index is 1.97. The van der Waals surface area contributed by atoms with Crippen LogP contribution in [0.2, 0.25) is 0 Å². The average Bonchev–Trinajstić information content (AvgIpc) is 2.97. The molecule has 1 aliphatic heterocycles. The van der Waals surface area contributed by atoms with Gasteiger partial charge < -0.3 is 9.64 Å². The van der Waals surface area contributed by atoms with Crippen LogP contribution in [0.3, 0.4) is 0 Å². The van der Waals surface area contributed by atoms with Crippen LogP contribution in [-0.4, -0.2) is 30.0 Å². The Morgan fingerprint density at radius 1 is 1.38 bits per heavy atom. The maximum absolute atomic E-state index is 12.7. The van der Waals surface area contributed by atoms with Gasteiger partial charge >= 0.3 is 0 Å². The molecule has 1 saturated carbocycles. The molecule has 2 aliphatic rings. The van der Waals surface area contributed by atoms with Gasteiger partial charge in [-0.15, -0.1) is 0 Å². The van der Waals surface area contributed by atoms with Crippen LogP contribution in [0.5, 0.6) is 5.75 Å². The number of benzene rings is 1. The van der Waals surface area contributed by atoms with Crippen LogP contribution >= 0.6 is 0 Å². The topological polar surface area (TPSA) is 41.6 Å². The molecule has 1 aliphatic carbocycles. The summed E-state index contributed by atoms with van der Waals surface area (Å²) in [5, 5.41) is 3.49. The van der Waals surface area contributed by atoms with E-state index < -0.39 is 0 Å². The van der Waals surface area contributed by atoms with Crippen molar-refractivity contribution in [1.82, 2.24) is 10.2 Å². The molecule has 4 nitrogen and oxygen atoms in total. The summed E-state index contributed by atoms with van der Waals surface area (Å²) in [5.74, 6) is 1.06. The van der Waals surface area contributed by atoms with E-state index in [2.05, 4.69) is 26.1 Å². The number of hydrogen-bond acceptors (Lipinski definition) is 3. The number of nitrogens with one attached hydrogen (secondary N) is 1. The minimum Gasteiger partial charge on any atom is -0.496 e. The molecule has 3 rings (SSSR count). The zero-order chi connectivity index (χ0) is 15.2. The van der Waals surface area contributed by atoms with Crippen LogP contribution in [0, 0.1) is 5.41 Å². The van der Waals surface area contributed by atoms with E-state index in [1.807, 2.05) is 29.2 Å². The lowest BCUT2D eigenvalue weighted by molar-refractivity contribution is -0.131. The van der Waals surface area contributed by atoms with Crippen molar-refractivity contribution in [1.29, 1.82) is 0 Å². The third-order valence-corrected chi connectivity index (χ3v) is 4.83. The van der Waals surface area contributed by atoms with E-state index in [1.165, 1.54) is 0 Å². The molecule has 1 aromatic rings. The predicted molar refractivity (Wildman–Crippen MR) is 82.0 cm³/mol. The number of hydrogen-bond donors (Lipinski definition) is 1. The lowest BCUT2D eigenvalue weighted by Crippen LogP contribution is -2.35. The van der Waals surface area contributed by atoms with Crippen LogP contribution in [0.1, 0.15) is 45.3 Å². The molecule has 1 amide bonds. The van der Waals surface area contributed by atoms with Gasteiger partial charge in [0.1, 0.15) is 11.9 Å². The largest absolute Gasteiger partial charge is 0.496 e. The number of carbonyl (C=O) groups excluding carboxylic acids is 1. The summed E-state index contributed by atoms with van der Waals surface area (Å²) in [6.07, 6.45) is 1.81. The Hall–Kier alpha value is -1.55. The number of carbonyl (C=O) groups is 1. The second-order valence-corrected chi connectivity index (χ2v) is 6.73. The molecule has 2 fully saturated rings. The highest BCUT2D eigenvalue weighted by molar-refractivity contribution is 5.85. The molecule has 114 valence electrons. The highest BCUT2D eigenvalue weighted by atomic mass is 16.5. The summed E-state index contributed by atoms with van der Waals surface area (Å²) < 4.78 is 5.48. The number of rotatable bonds is 4. The van der Waals surface area contributed by atoms with Crippen molar-refractivity contribution < 1.29 is 9.53 Å². The van der Waals surface area contributed by atoms with E-state index in [1.54, 1.807) is 7.11 Å². The zero-order valence-corrected chi connectivity index (χ0v) is 13.2. The number of para-hydroxylation sites is 1. The normalized spacial score (nSPS) is 30.6. The quantitative estimate of drug-likeness (QED) is 0.926. The molecule has 1 heterocycles. The van der Waals surface area contributed by atoms with E-state index in [-0.39, 0.29) is 23.5 Å². The van der Waals surface area contributed by atoms with Crippen molar-refractivity contribution in [2.24, 2.45) is 5.41 Å². The molecule has 1 N–H and O–H groups in total. The Kier molecular flexibility index (Phi) is 3.44. The van der Waals surface area contributed by atoms with Gasteiger partial charge in [0.15, 0.2) is 0 Å². The molecule has 3 atom stereocenters. The average molecular weight is 288 g/mol. The Labute approximate surface area is 126 Å².